The fourth-order valence-electron chi connectivity index (χ4n) is 1.47. The van der Waals surface area contributed by atoms with E-state index in [-0.39, 0.29) is 11.3 Å². The van der Waals surface area contributed by atoms with E-state index in [2.05, 4.69) is 4.98 Å². The van der Waals surface area contributed by atoms with Crippen molar-refractivity contribution >= 4 is 0 Å². The second kappa shape index (κ2) is 4.53. The fourth-order valence-corrected chi connectivity index (χ4v) is 1.47. The first-order valence-electron chi connectivity index (χ1n) is 4.78. The molecule has 0 bridgehead atoms. The molecule has 1 nitrogen and oxygen atoms in total. The van der Waals surface area contributed by atoms with Crippen LogP contribution < -0.4 is 0 Å². The first-order valence-corrected chi connectivity index (χ1v) is 4.78. The lowest BCUT2D eigenvalue weighted by molar-refractivity contribution is 0.146. The molecule has 0 saturated carbocycles. The molecule has 0 unspecified atom stereocenters. The molecule has 1 aromatic heterocycles. The first-order chi connectivity index (χ1) is 8.09. The van der Waals surface area contributed by atoms with Gasteiger partial charge >= 0.3 is 0 Å². The van der Waals surface area contributed by atoms with Crippen LogP contribution in [0.5, 0.6) is 0 Å². The average Bonchev–Trinajstić information content (AvgIpc) is 2.29. The Morgan fingerprint density at radius 1 is 1.06 bits per heavy atom. The van der Waals surface area contributed by atoms with Gasteiger partial charge in [-0.3, -0.25) is 4.98 Å². The van der Waals surface area contributed by atoms with Crippen molar-refractivity contribution in [1.82, 2.24) is 4.98 Å². The highest BCUT2D eigenvalue weighted by Gasteiger charge is 2.17. The van der Waals surface area contributed by atoms with Crippen LogP contribution in [0.2, 0.25) is 0 Å². The molecule has 1 aromatic carbocycles. The van der Waals surface area contributed by atoms with E-state index >= 15 is 0 Å². The highest BCUT2D eigenvalue weighted by molar-refractivity contribution is 5.61. The molecule has 0 saturated heterocycles. The molecule has 0 aliphatic rings. The third-order valence-electron chi connectivity index (χ3n) is 2.26. The zero-order chi connectivity index (χ0) is 12.4. The van der Waals surface area contributed by atoms with Crippen molar-refractivity contribution in [2.24, 2.45) is 0 Å². The van der Waals surface area contributed by atoms with Crippen molar-refractivity contribution in [3.8, 4) is 11.3 Å². The predicted octanol–water partition coefficient (Wildman–Crippen LogP) is 3.96. The van der Waals surface area contributed by atoms with Crippen LogP contribution in [0, 0.1) is 11.6 Å². The molecule has 2 aromatic rings. The minimum absolute atomic E-state index is 0.00926. The number of hydrogen-bond donors (Lipinski definition) is 0. The van der Waals surface area contributed by atoms with Crippen molar-refractivity contribution in [2.75, 3.05) is 0 Å². The number of rotatable bonds is 2. The zero-order valence-electron chi connectivity index (χ0n) is 8.50. The SMILES string of the molecule is Fc1ccnc(-c2cccc(C(F)F)c2F)c1. The monoisotopic (exact) mass is 241 g/mol. The molecule has 0 spiro atoms. The minimum Gasteiger partial charge on any atom is -0.256 e. The summed E-state index contributed by atoms with van der Waals surface area (Å²) in [5, 5.41) is 0. The summed E-state index contributed by atoms with van der Waals surface area (Å²) < 4.78 is 51.6. The molecule has 0 radical (unpaired) electrons. The Bertz CT molecular complexity index is 540. The van der Waals surface area contributed by atoms with Crippen LogP contribution >= 0.6 is 0 Å². The largest absolute Gasteiger partial charge is 0.266 e. The van der Waals surface area contributed by atoms with Gasteiger partial charge in [-0.2, -0.15) is 0 Å². The van der Waals surface area contributed by atoms with Gasteiger partial charge in [-0.1, -0.05) is 12.1 Å². The number of alkyl halides is 2. The summed E-state index contributed by atoms with van der Waals surface area (Å²) in [7, 11) is 0. The lowest BCUT2D eigenvalue weighted by atomic mass is 10.1. The summed E-state index contributed by atoms with van der Waals surface area (Å²) in [5.74, 6) is -1.67. The summed E-state index contributed by atoms with van der Waals surface area (Å²) >= 11 is 0. The maximum Gasteiger partial charge on any atom is 0.266 e. The standard InChI is InChI=1S/C12H7F4N/c13-7-4-5-17-10(6-7)8-2-1-3-9(11(8)14)12(15)16/h1-6,12H. The van der Waals surface area contributed by atoms with Gasteiger partial charge in [0.15, 0.2) is 0 Å². The van der Waals surface area contributed by atoms with E-state index in [0.717, 1.165) is 24.4 Å². The van der Waals surface area contributed by atoms with Crippen molar-refractivity contribution in [3.05, 3.63) is 53.7 Å². The van der Waals surface area contributed by atoms with Crippen LogP contribution in [0.25, 0.3) is 11.3 Å². The number of benzene rings is 1. The Kier molecular flexibility index (Phi) is 3.08. The van der Waals surface area contributed by atoms with E-state index in [9.17, 15) is 17.6 Å². The number of halogens is 4. The molecule has 5 heteroatoms. The summed E-state index contributed by atoms with van der Waals surface area (Å²) in [6, 6.07) is 5.64. The normalized spacial score (nSPS) is 10.9. The maximum absolute atomic E-state index is 13.7. The Hall–Kier alpha value is -1.91. The van der Waals surface area contributed by atoms with Crippen LogP contribution in [0.15, 0.2) is 36.5 Å². The molecule has 0 atom stereocenters. The van der Waals surface area contributed by atoms with Crippen LogP contribution in [-0.4, -0.2) is 4.98 Å². The highest BCUT2D eigenvalue weighted by atomic mass is 19.3. The summed E-state index contributed by atoms with van der Waals surface area (Å²) in [4.78, 5) is 3.75. The van der Waals surface area contributed by atoms with Crippen LogP contribution in [0.3, 0.4) is 0 Å². The molecule has 0 amide bonds. The van der Waals surface area contributed by atoms with Crippen molar-refractivity contribution < 1.29 is 17.6 Å². The quantitative estimate of drug-likeness (QED) is 0.725. The topological polar surface area (TPSA) is 12.9 Å². The number of hydrogen-bond acceptors (Lipinski definition) is 1. The van der Waals surface area contributed by atoms with Crippen LogP contribution in [-0.2, 0) is 0 Å². The maximum atomic E-state index is 13.7. The number of pyridine rings is 1. The number of nitrogens with zero attached hydrogens (tertiary/aromatic N) is 1. The average molecular weight is 241 g/mol. The molecule has 88 valence electrons. The predicted molar refractivity (Wildman–Crippen MR) is 54.5 cm³/mol. The molecule has 2 rings (SSSR count). The van der Waals surface area contributed by atoms with Crippen molar-refractivity contribution in [1.29, 1.82) is 0 Å². The third kappa shape index (κ3) is 2.27. The fraction of sp³-hybridized carbons (Fsp3) is 0.0833. The molecule has 0 aliphatic heterocycles. The molecule has 0 N–H and O–H groups in total. The van der Waals surface area contributed by atoms with E-state index in [1.54, 1.807) is 0 Å². The van der Waals surface area contributed by atoms with Crippen LogP contribution in [0.4, 0.5) is 17.6 Å². The Balaban J connectivity index is 2.57. The van der Waals surface area contributed by atoms with Gasteiger partial charge < -0.3 is 0 Å². The zero-order valence-corrected chi connectivity index (χ0v) is 8.50. The number of aromatic nitrogens is 1. The van der Waals surface area contributed by atoms with Gasteiger partial charge in [0.25, 0.3) is 6.43 Å². The molecule has 17 heavy (non-hydrogen) atoms. The van der Waals surface area contributed by atoms with Crippen molar-refractivity contribution in [3.63, 3.8) is 0 Å². The molecular weight excluding hydrogens is 234 g/mol. The van der Waals surface area contributed by atoms with Gasteiger partial charge in [-0.15, -0.1) is 0 Å². The molecular formula is C12H7F4N. The summed E-state index contributed by atoms with van der Waals surface area (Å²) in [5.41, 5.74) is -0.860. The lowest BCUT2D eigenvalue weighted by Crippen LogP contribution is -1.95. The Morgan fingerprint density at radius 3 is 2.47 bits per heavy atom. The molecule has 0 fully saturated rings. The van der Waals surface area contributed by atoms with E-state index < -0.39 is 23.6 Å². The van der Waals surface area contributed by atoms with Gasteiger partial charge in [-0.25, -0.2) is 17.6 Å². The second-order valence-corrected chi connectivity index (χ2v) is 3.37. The third-order valence-corrected chi connectivity index (χ3v) is 2.26. The molecule has 1 heterocycles. The van der Waals surface area contributed by atoms with E-state index in [4.69, 9.17) is 0 Å². The van der Waals surface area contributed by atoms with Crippen molar-refractivity contribution in [2.45, 2.75) is 6.43 Å². The minimum atomic E-state index is -2.91. The second-order valence-electron chi connectivity index (χ2n) is 3.37. The van der Waals surface area contributed by atoms with Gasteiger partial charge in [0.05, 0.1) is 11.3 Å². The molecule has 0 aliphatic carbocycles. The Labute approximate surface area is 94.7 Å². The smallest absolute Gasteiger partial charge is 0.256 e. The summed E-state index contributed by atoms with van der Waals surface area (Å²) in [6.45, 7) is 0. The Morgan fingerprint density at radius 2 is 1.82 bits per heavy atom. The van der Waals surface area contributed by atoms with E-state index in [1.165, 1.54) is 12.1 Å². The first kappa shape index (κ1) is 11.6. The highest BCUT2D eigenvalue weighted by Crippen LogP contribution is 2.29. The van der Waals surface area contributed by atoms with Gasteiger partial charge in [0.2, 0.25) is 0 Å². The van der Waals surface area contributed by atoms with Gasteiger partial charge in [-0.05, 0) is 12.1 Å². The van der Waals surface area contributed by atoms with Crippen LogP contribution in [0.1, 0.15) is 12.0 Å². The summed E-state index contributed by atoms with van der Waals surface area (Å²) in [6.07, 6.45) is -1.76. The van der Waals surface area contributed by atoms with Gasteiger partial charge in [0.1, 0.15) is 11.6 Å². The van der Waals surface area contributed by atoms with E-state index in [1.807, 2.05) is 0 Å². The van der Waals surface area contributed by atoms with Gasteiger partial charge in [0, 0.05) is 17.8 Å². The lowest BCUT2D eigenvalue weighted by Gasteiger charge is -2.07. The van der Waals surface area contributed by atoms with E-state index in [0.29, 0.717) is 0 Å².